The summed E-state index contributed by atoms with van der Waals surface area (Å²) in [6.07, 6.45) is 1.70. The Bertz CT molecular complexity index is 181. The number of carbonyl (C=O) groups excluding carboxylic acids is 2. The third-order valence-electron chi connectivity index (χ3n) is 1.27. The van der Waals surface area contributed by atoms with Crippen molar-refractivity contribution in [1.82, 2.24) is 16.1 Å². The molecule has 6 heteroatoms. The van der Waals surface area contributed by atoms with E-state index in [1.54, 1.807) is 7.05 Å². The van der Waals surface area contributed by atoms with Gasteiger partial charge in [-0.15, -0.1) is 0 Å². The van der Waals surface area contributed by atoms with Crippen LogP contribution in [-0.2, 0) is 14.4 Å². The number of nitrogens with one attached hydrogen (secondary N) is 3. The average Bonchev–Trinajstić information content (AvgIpc) is 2.85. The van der Waals surface area contributed by atoms with E-state index < -0.39 is 0 Å². The van der Waals surface area contributed by atoms with Crippen LogP contribution in [0, 0.1) is 0 Å². The van der Waals surface area contributed by atoms with Crippen molar-refractivity contribution in [3.05, 3.63) is 0 Å². The van der Waals surface area contributed by atoms with Crippen molar-refractivity contribution in [2.24, 2.45) is 0 Å². The summed E-state index contributed by atoms with van der Waals surface area (Å²) in [4.78, 5) is 25.1. The molecule has 0 aliphatic rings. The highest BCUT2D eigenvalue weighted by molar-refractivity contribution is 5.79. The van der Waals surface area contributed by atoms with Crippen LogP contribution in [0.5, 0.6) is 0 Å². The summed E-state index contributed by atoms with van der Waals surface area (Å²) in [7, 11) is 1.75. The predicted molar refractivity (Wildman–Crippen MR) is 142 cm³/mol. The summed E-state index contributed by atoms with van der Waals surface area (Å²) >= 11 is 0. The minimum atomic E-state index is -0.144. The Labute approximate surface area is 193 Å². The summed E-state index contributed by atoms with van der Waals surface area (Å²) in [5.41, 5.74) is 2.57. The Morgan fingerprint density at radius 3 is 1.30 bits per heavy atom. The van der Waals surface area contributed by atoms with Gasteiger partial charge in [-0.25, -0.2) is 5.48 Å². The van der Waals surface area contributed by atoms with Crippen LogP contribution in [0.15, 0.2) is 0 Å². The fourth-order valence-corrected chi connectivity index (χ4v) is 0.697. The highest BCUT2D eigenvalue weighted by atomic mass is 16.6. The van der Waals surface area contributed by atoms with Gasteiger partial charge in [-0.05, 0) is 20.3 Å². The van der Waals surface area contributed by atoms with Crippen molar-refractivity contribution < 1.29 is 14.4 Å². The average molecular weight is 444 g/mol. The monoisotopic (exact) mass is 444 g/mol. The zero-order valence-electron chi connectivity index (χ0n) is 24.5. The zero-order chi connectivity index (χ0) is 26.8. The number of amides is 2. The van der Waals surface area contributed by atoms with E-state index in [2.05, 4.69) is 16.1 Å². The van der Waals surface area contributed by atoms with Crippen molar-refractivity contribution in [2.45, 2.75) is 130 Å². The molecule has 0 aromatic carbocycles. The van der Waals surface area contributed by atoms with Crippen molar-refractivity contribution in [3.8, 4) is 0 Å². The van der Waals surface area contributed by atoms with Gasteiger partial charge in [0.05, 0.1) is 12.6 Å². The van der Waals surface area contributed by atoms with E-state index >= 15 is 0 Å². The van der Waals surface area contributed by atoms with Crippen LogP contribution in [0.4, 0.5) is 0 Å². The van der Waals surface area contributed by atoms with Gasteiger partial charge in [-0.2, -0.15) is 0 Å². The van der Waals surface area contributed by atoms with Gasteiger partial charge in [-0.3, -0.25) is 14.4 Å². The molecule has 30 heavy (non-hydrogen) atoms. The molecule has 0 radical (unpaired) electrons. The van der Waals surface area contributed by atoms with Gasteiger partial charge in [0.2, 0.25) is 12.3 Å². The van der Waals surface area contributed by atoms with Crippen LogP contribution < -0.4 is 16.1 Å². The summed E-state index contributed by atoms with van der Waals surface area (Å²) in [6, 6.07) is 0. The molecule has 0 saturated heterocycles. The maximum absolute atomic E-state index is 10.6. The molecule has 0 heterocycles. The van der Waals surface area contributed by atoms with Gasteiger partial charge in [0.1, 0.15) is 0 Å². The third-order valence-corrected chi connectivity index (χ3v) is 1.27. The Hall–Kier alpha value is -1.14. The van der Waals surface area contributed by atoms with Crippen LogP contribution >= 0.6 is 0 Å². The topological polar surface area (TPSA) is 79.5 Å². The van der Waals surface area contributed by atoms with Gasteiger partial charge in [0.15, 0.2) is 0 Å². The highest BCUT2D eigenvalue weighted by Gasteiger charge is 1.95. The first-order valence-electron chi connectivity index (χ1n) is 12.3. The Kier molecular flexibility index (Phi) is 230. The second kappa shape index (κ2) is 122. The smallest absolute Gasteiger partial charge is 0.239 e. The number of rotatable bonds is 7. The maximum atomic E-state index is 10.6. The van der Waals surface area contributed by atoms with Crippen LogP contribution in [0.2, 0.25) is 0 Å². The second-order valence-corrected chi connectivity index (χ2v) is 3.22. The minimum absolute atomic E-state index is 0.0729. The molecule has 0 fully saturated rings. The predicted octanol–water partition coefficient (Wildman–Crippen LogP) is 6.99. The Morgan fingerprint density at radius 2 is 1.13 bits per heavy atom. The Balaban J connectivity index is -0.0000000272. The number of hydroxylamine groups is 1. The lowest BCUT2D eigenvalue weighted by Gasteiger charge is -2.01. The molecule has 0 bridgehead atoms. The minimum Gasteiger partial charge on any atom is -0.355 e. The number of hydrogen-bond acceptors (Lipinski definition) is 4. The highest BCUT2D eigenvalue weighted by Crippen LogP contribution is 1.78. The fourth-order valence-electron chi connectivity index (χ4n) is 0.697. The second-order valence-electron chi connectivity index (χ2n) is 3.22. The van der Waals surface area contributed by atoms with Crippen molar-refractivity contribution in [1.29, 1.82) is 0 Å². The van der Waals surface area contributed by atoms with Gasteiger partial charge in [0.25, 0.3) is 0 Å². The van der Waals surface area contributed by atoms with Crippen LogP contribution in [-0.4, -0.2) is 38.6 Å². The van der Waals surface area contributed by atoms with E-state index in [0.717, 1.165) is 6.42 Å². The van der Waals surface area contributed by atoms with Gasteiger partial charge >= 0.3 is 0 Å². The largest absolute Gasteiger partial charge is 0.355 e. The molecule has 6 nitrogen and oxygen atoms in total. The molecule has 0 unspecified atom stereocenters. The standard InChI is InChI=1S/C6H12N2O2.C4H11NO.7C2H6/c1-2-3-8-6(10)4-7-5-9;1-4(2)6-5-3;7*1-2/h5H,2-4H2,1H3,(H,7,9)(H,8,10);4-5H,1-3H3;7*1-2H3. The molecule has 2 amide bonds. The molecule has 194 valence electrons. The van der Waals surface area contributed by atoms with Crippen molar-refractivity contribution >= 4 is 12.3 Å². The molecule has 0 spiro atoms. The molecule has 0 aliphatic heterocycles. The molecule has 0 saturated carbocycles. The van der Waals surface area contributed by atoms with Gasteiger partial charge in [0, 0.05) is 13.6 Å². The SMILES string of the molecule is CC.CC.CC.CC.CC.CC.CC.CCCNC(=O)CNC=O.CNOC(C)C. The quantitative estimate of drug-likeness (QED) is 0.292. The molecule has 0 rings (SSSR count). The van der Waals surface area contributed by atoms with E-state index in [0.29, 0.717) is 13.0 Å². The summed E-state index contributed by atoms with van der Waals surface area (Å²) < 4.78 is 0. The van der Waals surface area contributed by atoms with Crippen molar-refractivity contribution in [3.63, 3.8) is 0 Å². The van der Waals surface area contributed by atoms with E-state index in [-0.39, 0.29) is 18.6 Å². The molecule has 3 N–H and O–H groups in total. The van der Waals surface area contributed by atoms with Gasteiger partial charge in [-0.1, -0.05) is 104 Å². The van der Waals surface area contributed by atoms with E-state index in [1.807, 2.05) is 118 Å². The Morgan fingerprint density at radius 1 is 0.800 bits per heavy atom. The maximum Gasteiger partial charge on any atom is 0.239 e. The molecule has 0 atom stereocenters. The first-order chi connectivity index (χ1) is 14.6. The number of hydrogen-bond donors (Lipinski definition) is 3. The lowest BCUT2D eigenvalue weighted by molar-refractivity contribution is -0.122. The third kappa shape index (κ3) is 185. The van der Waals surface area contributed by atoms with E-state index in [1.165, 1.54) is 0 Å². The van der Waals surface area contributed by atoms with Crippen molar-refractivity contribution in [2.75, 3.05) is 20.1 Å². The molecule has 0 aromatic heterocycles. The van der Waals surface area contributed by atoms with E-state index in [9.17, 15) is 9.59 Å². The number of carbonyl (C=O) groups is 2. The normalized spacial score (nSPS) is 6.23. The fraction of sp³-hybridized carbons (Fsp3) is 0.917. The first kappa shape index (κ1) is 56.8. The molecule has 0 aliphatic carbocycles. The van der Waals surface area contributed by atoms with Crippen LogP contribution in [0.1, 0.15) is 124 Å². The van der Waals surface area contributed by atoms with E-state index in [4.69, 9.17) is 4.84 Å². The summed E-state index contributed by atoms with van der Waals surface area (Å²) in [6.45, 7) is 34.6. The molecular formula is C24H65N3O3. The van der Waals surface area contributed by atoms with Gasteiger partial charge < -0.3 is 10.6 Å². The van der Waals surface area contributed by atoms with Crippen LogP contribution in [0.25, 0.3) is 0 Å². The molecular weight excluding hydrogens is 378 g/mol. The lowest BCUT2D eigenvalue weighted by Crippen LogP contribution is -2.33. The van der Waals surface area contributed by atoms with Crippen LogP contribution in [0.3, 0.4) is 0 Å². The molecule has 0 aromatic rings. The zero-order valence-corrected chi connectivity index (χ0v) is 24.5. The summed E-state index contributed by atoms with van der Waals surface area (Å²) in [5.74, 6) is -0.144. The summed E-state index contributed by atoms with van der Waals surface area (Å²) in [5, 5.41) is 4.87. The lowest BCUT2D eigenvalue weighted by atomic mass is 10.4. The first-order valence-corrected chi connectivity index (χ1v) is 12.3.